The van der Waals surface area contributed by atoms with Gasteiger partial charge in [0.2, 0.25) is 0 Å². The average molecular weight is 195 g/mol. The molecule has 3 nitrogen and oxygen atoms in total. The van der Waals surface area contributed by atoms with Crippen molar-refractivity contribution in [2.24, 2.45) is 4.99 Å². The average Bonchev–Trinajstić information content (AvgIpc) is 2.56. The molecule has 3 heteroatoms. The van der Waals surface area contributed by atoms with Gasteiger partial charge in [-0.05, 0) is 26.2 Å². The summed E-state index contributed by atoms with van der Waals surface area (Å²) in [5.41, 5.74) is 0. The Morgan fingerprint density at radius 2 is 2.21 bits per heavy atom. The molecule has 0 amide bonds. The van der Waals surface area contributed by atoms with Gasteiger partial charge >= 0.3 is 0 Å². The summed E-state index contributed by atoms with van der Waals surface area (Å²) in [5.74, 6) is 1.16. The molecule has 14 heavy (non-hydrogen) atoms. The molecule has 2 rings (SSSR count). The van der Waals surface area contributed by atoms with Crippen LogP contribution in [-0.4, -0.2) is 35.5 Å². The fraction of sp³-hybridized carbons (Fsp3) is 0.909. The molecule has 2 aliphatic heterocycles. The first-order valence-corrected chi connectivity index (χ1v) is 5.85. The van der Waals surface area contributed by atoms with Gasteiger partial charge in [-0.3, -0.25) is 0 Å². The molecular weight excluding hydrogens is 174 g/mol. The second-order valence-electron chi connectivity index (χ2n) is 4.51. The van der Waals surface area contributed by atoms with Gasteiger partial charge in [0, 0.05) is 18.6 Å². The number of nitrogens with zero attached hydrogens (tertiary/aromatic N) is 2. The van der Waals surface area contributed by atoms with E-state index < -0.39 is 0 Å². The highest BCUT2D eigenvalue weighted by Gasteiger charge is 2.34. The van der Waals surface area contributed by atoms with Gasteiger partial charge in [0.1, 0.15) is 0 Å². The summed E-state index contributed by atoms with van der Waals surface area (Å²) in [6.45, 7) is 7.88. The number of hydrogen-bond acceptors (Lipinski definition) is 3. The van der Waals surface area contributed by atoms with Gasteiger partial charge in [-0.2, -0.15) is 0 Å². The minimum Gasteiger partial charge on any atom is -0.352 e. The molecule has 2 heterocycles. The van der Waals surface area contributed by atoms with E-state index in [1.54, 1.807) is 0 Å². The highest BCUT2D eigenvalue weighted by Crippen LogP contribution is 2.23. The molecule has 2 aliphatic rings. The zero-order chi connectivity index (χ0) is 10.1. The maximum absolute atomic E-state index is 4.74. The quantitative estimate of drug-likeness (QED) is 0.724. The van der Waals surface area contributed by atoms with Gasteiger partial charge in [0.15, 0.2) is 5.96 Å². The first kappa shape index (κ1) is 9.81. The van der Waals surface area contributed by atoms with E-state index >= 15 is 0 Å². The number of rotatable bonds is 2. The Morgan fingerprint density at radius 1 is 1.43 bits per heavy atom. The normalized spacial score (nSPS) is 36.4. The Balaban J connectivity index is 2.16. The van der Waals surface area contributed by atoms with Crippen molar-refractivity contribution >= 4 is 5.96 Å². The van der Waals surface area contributed by atoms with E-state index in [0.29, 0.717) is 18.1 Å². The second kappa shape index (κ2) is 3.79. The molecule has 1 fully saturated rings. The Kier molecular flexibility index (Phi) is 2.66. The molecule has 0 aromatic heterocycles. The molecule has 3 unspecified atom stereocenters. The highest BCUT2D eigenvalue weighted by molar-refractivity contribution is 5.83. The minimum absolute atomic E-state index is 0.545. The predicted molar refractivity (Wildman–Crippen MR) is 59.5 cm³/mol. The van der Waals surface area contributed by atoms with Crippen molar-refractivity contribution in [1.82, 2.24) is 10.2 Å². The lowest BCUT2D eigenvalue weighted by atomic mass is 10.0. The van der Waals surface area contributed by atoms with Crippen LogP contribution in [-0.2, 0) is 0 Å². The molecule has 0 bridgehead atoms. The fourth-order valence-electron chi connectivity index (χ4n) is 2.48. The first-order chi connectivity index (χ1) is 6.74. The standard InChI is InChI=1S/C11H21N3/c1-4-9-6-10(5-2)14-7-8(3)12-11(14)13-9/h8-10H,4-7H2,1-3H3,(H,12,13). The summed E-state index contributed by atoms with van der Waals surface area (Å²) in [4.78, 5) is 7.20. The van der Waals surface area contributed by atoms with Gasteiger partial charge in [0.05, 0.1) is 6.04 Å². The molecule has 0 saturated carbocycles. The van der Waals surface area contributed by atoms with Crippen LogP contribution in [0.25, 0.3) is 0 Å². The second-order valence-corrected chi connectivity index (χ2v) is 4.51. The number of aliphatic imine (C=N–C) groups is 1. The Hall–Kier alpha value is -0.730. The van der Waals surface area contributed by atoms with E-state index in [9.17, 15) is 0 Å². The molecule has 0 radical (unpaired) electrons. The van der Waals surface area contributed by atoms with E-state index in [2.05, 4.69) is 31.0 Å². The van der Waals surface area contributed by atoms with Crippen molar-refractivity contribution in [1.29, 1.82) is 0 Å². The van der Waals surface area contributed by atoms with Crippen molar-refractivity contribution in [3.05, 3.63) is 0 Å². The Bertz CT molecular complexity index is 237. The van der Waals surface area contributed by atoms with Crippen LogP contribution in [0.3, 0.4) is 0 Å². The van der Waals surface area contributed by atoms with Gasteiger partial charge in [0.25, 0.3) is 0 Å². The van der Waals surface area contributed by atoms with Crippen molar-refractivity contribution in [3.63, 3.8) is 0 Å². The molecule has 3 atom stereocenters. The summed E-state index contributed by atoms with van der Waals surface area (Å²) in [6.07, 6.45) is 3.65. The number of hydrogen-bond donors (Lipinski definition) is 1. The lowest BCUT2D eigenvalue weighted by Gasteiger charge is -2.34. The summed E-state index contributed by atoms with van der Waals surface area (Å²) in [5, 5.41) is 3.46. The van der Waals surface area contributed by atoms with Crippen LogP contribution >= 0.6 is 0 Å². The maximum Gasteiger partial charge on any atom is 0.194 e. The largest absolute Gasteiger partial charge is 0.352 e. The zero-order valence-electron chi connectivity index (χ0n) is 9.45. The van der Waals surface area contributed by atoms with Crippen molar-refractivity contribution in [2.45, 2.75) is 58.2 Å². The van der Waals surface area contributed by atoms with Crippen LogP contribution in [0, 0.1) is 0 Å². The molecule has 80 valence electrons. The Morgan fingerprint density at radius 3 is 2.86 bits per heavy atom. The molecule has 0 aromatic rings. The number of guanidine groups is 1. The van der Waals surface area contributed by atoms with Gasteiger partial charge < -0.3 is 10.2 Å². The van der Waals surface area contributed by atoms with E-state index in [1.807, 2.05) is 0 Å². The summed E-state index contributed by atoms with van der Waals surface area (Å²) in [6, 6.07) is 1.83. The number of nitrogens with one attached hydrogen (secondary N) is 1. The molecule has 0 aliphatic carbocycles. The van der Waals surface area contributed by atoms with Crippen LogP contribution in [0.15, 0.2) is 4.99 Å². The molecule has 0 spiro atoms. The first-order valence-electron chi connectivity index (χ1n) is 5.85. The van der Waals surface area contributed by atoms with Crippen LogP contribution < -0.4 is 5.32 Å². The third-order valence-corrected chi connectivity index (χ3v) is 3.35. The van der Waals surface area contributed by atoms with Crippen molar-refractivity contribution in [2.75, 3.05) is 6.54 Å². The third-order valence-electron chi connectivity index (χ3n) is 3.35. The summed E-state index contributed by atoms with van der Waals surface area (Å²) >= 11 is 0. The van der Waals surface area contributed by atoms with Crippen LogP contribution in [0.2, 0.25) is 0 Å². The molecular formula is C11H21N3. The van der Waals surface area contributed by atoms with Crippen LogP contribution in [0.1, 0.15) is 40.0 Å². The van der Waals surface area contributed by atoms with E-state index in [4.69, 9.17) is 4.99 Å². The topological polar surface area (TPSA) is 27.6 Å². The monoisotopic (exact) mass is 195 g/mol. The van der Waals surface area contributed by atoms with Gasteiger partial charge in [-0.1, -0.05) is 13.8 Å². The van der Waals surface area contributed by atoms with Crippen molar-refractivity contribution < 1.29 is 0 Å². The lowest BCUT2D eigenvalue weighted by Crippen LogP contribution is -2.44. The highest BCUT2D eigenvalue weighted by atomic mass is 15.4. The maximum atomic E-state index is 4.74. The smallest absolute Gasteiger partial charge is 0.194 e. The van der Waals surface area contributed by atoms with Crippen LogP contribution in [0.4, 0.5) is 0 Å². The van der Waals surface area contributed by atoms with E-state index in [1.165, 1.54) is 19.3 Å². The zero-order valence-corrected chi connectivity index (χ0v) is 9.45. The third kappa shape index (κ3) is 1.60. The van der Waals surface area contributed by atoms with Crippen molar-refractivity contribution in [3.8, 4) is 0 Å². The summed E-state index contributed by atoms with van der Waals surface area (Å²) < 4.78 is 0. The van der Waals surface area contributed by atoms with E-state index in [0.717, 1.165) is 12.5 Å². The SMILES string of the molecule is CCC1CC(CC)N2CC(C)NC2=N1. The number of fused-ring (bicyclic) bond motifs is 1. The Labute approximate surface area is 86.6 Å². The van der Waals surface area contributed by atoms with Crippen LogP contribution in [0.5, 0.6) is 0 Å². The molecule has 0 aromatic carbocycles. The van der Waals surface area contributed by atoms with Gasteiger partial charge in [-0.25, -0.2) is 4.99 Å². The van der Waals surface area contributed by atoms with E-state index in [-0.39, 0.29) is 0 Å². The summed E-state index contributed by atoms with van der Waals surface area (Å²) in [7, 11) is 0. The molecule has 1 N–H and O–H groups in total. The minimum atomic E-state index is 0.545. The molecule has 1 saturated heterocycles. The predicted octanol–water partition coefficient (Wildman–Crippen LogP) is 1.60. The fourth-order valence-corrected chi connectivity index (χ4v) is 2.48. The lowest BCUT2D eigenvalue weighted by molar-refractivity contribution is 0.265. The van der Waals surface area contributed by atoms with Gasteiger partial charge in [-0.15, -0.1) is 0 Å².